The van der Waals surface area contributed by atoms with Crippen LogP contribution in [-0.4, -0.2) is 32.1 Å². The first-order valence-electron chi connectivity index (χ1n) is 1.99. The quantitative estimate of drug-likeness (QED) is 0.419. The first-order valence-corrected chi connectivity index (χ1v) is 1.99. The van der Waals surface area contributed by atoms with Crippen LogP contribution in [0, 0.1) is 0 Å². The van der Waals surface area contributed by atoms with E-state index >= 15 is 0 Å². The van der Waals surface area contributed by atoms with Crippen LogP contribution in [0.3, 0.4) is 0 Å². The summed E-state index contributed by atoms with van der Waals surface area (Å²) in [5, 5.41) is 3.38. The Labute approximate surface area is 43.3 Å². The zero-order chi connectivity index (χ0) is 5.86. The summed E-state index contributed by atoms with van der Waals surface area (Å²) in [7, 11) is 4.80. The van der Waals surface area contributed by atoms with Crippen molar-refractivity contribution in [3.05, 3.63) is 0 Å². The molecule has 0 heterocycles. The fourth-order valence-electron chi connectivity index (χ4n) is 0.200. The van der Waals surface area contributed by atoms with Gasteiger partial charge in [-0.25, -0.2) is 10.1 Å². The van der Waals surface area contributed by atoms with Crippen molar-refractivity contribution in [3.8, 4) is 0 Å². The van der Waals surface area contributed by atoms with Crippen molar-refractivity contribution in [2.24, 2.45) is 0 Å². The van der Waals surface area contributed by atoms with Gasteiger partial charge in [-0.3, -0.25) is 0 Å². The van der Waals surface area contributed by atoms with Crippen molar-refractivity contribution >= 4 is 6.03 Å². The average Bonchev–Trinajstić information content (AvgIpc) is 1.65. The van der Waals surface area contributed by atoms with Gasteiger partial charge < -0.3 is 4.90 Å². The molecule has 3 nitrogen and oxygen atoms in total. The lowest BCUT2D eigenvalue weighted by atomic mass is 10.8. The molecule has 41 valence electrons. The van der Waals surface area contributed by atoms with Gasteiger partial charge in [0.2, 0.25) is 0 Å². The van der Waals surface area contributed by atoms with E-state index in [1.807, 2.05) is 0 Å². The number of hydrogen-bond acceptors (Lipinski definition) is 1. The predicted molar refractivity (Wildman–Crippen MR) is 27.1 cm³/mol. The maximum Gasteiger partial charge on any atom is 0.338 e. The Morgan fingerprint density at radius 3 is 2.00 bits per heavy atom. The first kappa shape index (κ1) is 6.27. The number of hydrogen-bond donors (Lipinski definition) is 0. The van der Waals surface area contributed by atoms with Crippen LogP contribution in [0.4, 0.5) is 4.79 Å². The lowest BCUT2D eigenvalue weighted by Crippen LogP contribution is -2.26. The largest absolute Gasteiger partial charge is 0.338 e. The first-order chi connectivity index (χ1) is 3.18. The van der Waals surface area contributed by atoms with Crippen LogP contribution in [0.1, 0.15) is 0 Å². The maximum absolute atomic E-state index is 10.3. The second-order valence-corrected chi connectivity index (χ2v) is 1.40. The third-order valence-electron chi connectivity index (χ3n) is 0.574. The summed E-state index contributed by atoms with van der Waals surface area (Å²) >= 11 is 0. The number of amides is 2. The van der Waals surface area contributed by atoms with Crippen LogP contribution in [-0.2, 0) is 0 Å². The minimum atomic E-state index is -0.194. The van der Waals surface area contributed by atoms with Gasteiger partial charge >= 0.3 is 6.03 Å². The normalized spacial score (nSPS) is 7.86. The summed E-state index contributed by atoms with van der Waals surface area (Å²) in [6.07, 6.45) is 0. The Hall–Kier alpha value is -0.730. The lowest BCUT2D eigenvalue weighted by Gasteiger charge is -2.04. The van der Waals surface area contributed by atoms with Gasteiger partial charge in [-0.05, 0) is 0 Å². The SMILES string of the molecule is C[N]C(=O)N(C)C. The van der Waals surface area contributed by atoms with Gasteiger partial charge in [0.05, 0.1) is 0 Å². The van der Waals surface area contributed by atoms with Gasteiger partial charge in [-0.2, -0.15) is 0 Å². The minimum Gasteiger partial charge on any atom is -0.329 e. The summed E-state index contributed by atoms with van der Waals surface area (Å²) in [5.41, 5.74) is 0. The molecule has 0 saturated heterocycles. The van der Waals surface area contributed by atoms with Crippen molar-refractivity contribution in [2.75, 3.05) is 21.1 Å². The third-order valence-corrected chi connectivity index (χ3v) is 0.574. The van der Waals surface area contributed by atoms with Gasteiger partial charge in [0.1, 0.15) is 0 Å². The molecular weight excluding hydrogens is 92.1 g/mol. The molecule has 2 amide bonds. The standard InChI is InChI=1S/C4H9N2O/c1-5-4(7)6(2)3/h1-3H3. The van der Waals surface area contributed by atoms with Gasteiger partial charge in [-0.15, -0.1) is 0 Å². The maximum atomic E-state index is 10.3. The zero-order valence-corrected chi connectivity index (χ0v) is 4.80. The molecule has 0 aromatic rings. The van der Waals surface area contributed by atoms with E-state index < -0.39 is 0 Å². The molecule has 0 atom stereocenters. The van der Waals surface area contributed by atoms with Gasteiger partial charge in [0, 0.05) is 21.1 Å². The highest BCUT2D eigenvalue weighted by molar-refractivity contribution is 5.72. The minimum absolute atomic E-state index is 0.194. The van der Waals surface area contributed by atoms with Crippen LogP contribution in [0.25, 0.3) is 0 Å². The molecule has 0 aliphatic heterocycles. The topological polar surface area (TPSA) is 34.4 Å². The van der Waals surface area contributed by atoms with E-state index in [4.69, 9.17) is 0 Å². The molecule has 0 aromatic heterocycles. The molecule has 0 saturated carbocycles. The zero-order valence-electron chi connectivity index (χ0n) is 4.80. The van der Waals surface area contributed by atoms with Crippen LogP contribution >= 0.6 is 0 Å². The highest BCUT2D eigenvalue weighted by atomic mass is 16.2. The van der Waals surface area contributed by atoms with Crippen LogP contribution in [0.15, 0.2) is 0 Å². The number of urea groups is 1. The van der Waals surface area contributed by atoms with Crippen LogP contribution in [0.5, 0.6) is 0 Å². The third kappa shape index (κ3) is 2.03. The van der Waals surface area contributed by atoms with E-state index in [9.17, 15) is 4.79 Å². The average molecular weight is 101 g/mol. The molecule has 0 aliphatic rings. The Kier molecular flexibility index (Phi) is 2.19. The number of rotatable bonds is 0. The van der Waals surface area contributed by atoms with Crippen molar-refractivity contribution in [1.29, 1.82) is 0 Å². The summed E-state index contributed by atoms with van der Waals surface area (Å²) in [6, 6.07) is -0.194. The van der Waals surface area contributed by atoms with E-state index in [1.54, 1.807) is 14.1 Å². The Morgan fingerprint density at radius 2 is 2.00 bits per heavy atom. The Balaban J connectivity index is 3.35. The summed E-state index contributed by atoms with van der Waals surface area (Å²) in [4.78, 5) is 11.7. The van der Waals surface area contributed by atoms with Crippen LogP contribution in [0.2, 0.25) is 0 Å². The monoisotopic (exact) mass is 101 g/mol. The van der Waals surface area contributed by atoms with Crippen molar-refractivity contribution in [3.63, 3.8) is 0 Å². The van der Waals surface area contributed by atoms with Gasteiger partial charge in [-0.1, -0.05) is 0 Å². The van der Waals surface area contributed by atoms with E-state index in [1.165, 1.54) is 11.9 Å². The number of nitrogens with zero attached hydrogens (tertiary/aromatic N) is 2. The van der Waals surface area contributed by atoms with E-state index in [0.29, 0.717) is 0 Å². The second kappa shape index (κ2) is 2.44. The summed E-state index contributed by atoms with van der Waals surface area (Å²) in [6.45, 7) is 0. The second-order valence-electron chi connectivity index (χ2n) is 1.40. The van der Waals surface area contributed by atoms with Crippen molar-refractivity contribution in [1.82, 2.24) is 10.2 Å². The number of carbonyl (C=O) groups is 1. The molecule has 0 rings (SSSR count). The molecule has 7 heavy (non-hydrogen) atoms. The van der Waals surface area contributed by atoms with Crippen molar-refractivity contribution < 1.29 is 4.79 Å². The van der Waals surface area contributed by atoms with Gasteiger partial charge in [0.25, 0.3) is 0 Å². The fourth-order valence-corrected chi connectivity index (χ4v) is 0.200. The molecule has 0 unspecified atom stereocenters. The number of carbonyl (C=O) groups excluding carboxylic acids is 1. The molecule has 1 radical (unpaired) electrons. The molecule has 3 heteroatoms. The molecule has 0 spiro atoms. The molecular formula is C4H9N2O. The highest BCUT2D eigenvalue weighted by Gasteiger charge is 1.96. The van der Waals surface area contributed by atoms with E-state index in [0.717, 1.165) is 0 Å². The molecule has 0 aliphatic carbocycles. The van der Waals surface area contributed by atoms with E-state index in [-0.39, 0.29) is 6.03 Å². The molecule has 0 bridgehead atoms. The predicted octanol–water partition coefficient (Wildman–Crippen LogP) is -0.0978. The Morgan fingerprint density at radius 1 is 1.57 bits per heavy atom. The van der Waals surface area contributed by atoms with Crippen LogP contribution < -0.4 is 5.32 Å². The van der Waals surface area contributed by atoms with Gasteiger partial charge in [0.15, 0.2) is 0 Å². The molecule has 0 fully saturated rings. The Bertz CT molecular complexity index is 70.1. The fraction of sp³-hybridized carbons (Fsp3) is 0.750. The molecule has 0 N–H and O–H groups in total. The van der Waals surface area contributed by atoms with E-state index in [2.05, 4.69) is 5.32 Å². The highest BCUT2D eigenvalue weighted by Crippen LogP contribution is 1.72. The summed E-state index contributed by atoms with van der Waals surface area (Å²) < 4.78 is 0. The van der Waals surface area contributed by atoms with Crippen molar-refractivity contribution in [2.45, 2.75) is 0 Å². The lowest BCUT2D eigenvalue weighted by molar-refractivity contribution is 0.219. The molecule has 0 aromatic carbocycles. The smallest absolute Gasteiger partial charge is 0.329 e. The summed E-state index contributed by atoms with van der Waals surface area (Å²) in [5.74, 6) is 0.